The molecule has 1 aliphatic rings. The topological polar surface area (TPSA) is 103 Å². The standard InChI is InChI=1S/C20H24N4O3/c1-11-7-8-14(12(2)9-11)21-10-17(26)23-24-20(27)19-13(3)18-15(22-19)5-4-6-16(18)25/h7-9,21-22H,4-6,10H2,1-3H3,(H,23,26)(H,24,27). The maximum atomic E-state index is 12.4. The highest BCUT2D eigenvalue weighted by atomic mass is 16.2. The molecule has 1 aromatic carbocycles. The number of rotatable bonds is 4. The van der Waals surface area contributed by atoms with Gasteiger partial charge in [-0.3, -0.25) is 25.2 Å². The van der Waals surface area contributed by atoms with E-state index in [1.54, 1.807) is 6.92 Å². The lowest BCUT2D eigenvalue weighted by Gasteiger charge is -2.11. The third-order valence-corrected chi connectivity index (χ3v) is 4.80. The second kappa shape index (κ2) is 7.65. The molecule has 1 aromatic heterocycles. The molecule has 7 heteroatoms. The van der Waals surface area contributed by atoms with Crippen LogP contribution >= 0.6 is 0 Å². The molecule has 0 aliphatic heterocycles. The Kier molecular flexibility index (Phi) is 5.30. The van der Waals surface area contributed by atoms with Crippen LogP contribution in [-0.4, -0.2) is 29.1 Å². The maximum Gasteiger partial charge on any atom is 0.286 e. The smallest absolute Gasteiger partial charge is 0.286 e. The molecule has 0 fully saturated rings. The fourth-order valence-corrected chi connectivity index (χ4v) is 3.42. The van der Waals surface area contributed by atoms with Crippen molar-refractivity contribution in [2.45, 2.75) is 40.0 Å². The van der Waals surface area contributed by atoms with Gasteiger partial charge in [-0.25, -0.2) is 0 Å². The predicted octanol–water partition coefficient (Wildman–Crippen LogP) is 2.33. The van der Waals surface area contributed by atoms with Gasteiger partial charge in [0.2, 0.25) is 0 Å². The summed E-state index contributed by atoms with van der Waals surface area (Å²) in [6, 6.07) is 5.91. The van der Waals surface area contributed by atoms with E-state index in [4.69, 9.17) is 0 Å². The lowest BCUT2D eigenvalue weighted by Crippen LogP contribution is -2.44. The van der Waals surface area contributed by atoms with Crippen LogP contribution in [0.2, 0.25) is 0 Å². The van der Waals surface area contributed by atoms with Crippen LogP contribution in [0.5, 0.6) is 0 Å². The lowest BCUT2D eigenvalue weighted by molar-refractivity contribution is -0.120. The van der Waals surface area contributed by atoms with E-state index in [0.717, 1.165) is 35.3 Å². The highest BCUT2D eigenvalue weighted by Gasteiger charge is 2.26. The number of fused-ring (bicyclic) bond motifs is 1. The average Bonchev–Trinajstić information content (AvgIpc) is 2.97. The second-order valence-corrected chi connectivity index (χ2v) is 6.93. The van der Waals surface area contributed by atoms with Crippen LogP contribution < -0.4 is 16.2 Å². The SMILES string of the molecule is Cc1ccc(NCC(=O)NNC(=O)c2[nH]c3c(c2C)C(=O)CCC3)c(C)c1. The summed E-state index contributed by atoms with van der Waals surface area (Å²) in [4.78, 5) is 39.5. The van der Waals surface area contributed by atoms with Crippen molar-refractivity contribution in [2.24, 2.45) is 0 Å². The van der Waals surface area contributed by atoms with Crippen LogP contribution in [0.4, 0.5) is 5.69 Å². The van der Waals surface area contributed by atoms with Gasteiger partial charge in [-0.2, -0.15) is 0 Å². The molecule has 3 rings (SSSR count). The fourth-order valence-electron chi connectivity index (χ4n) is 3.42. The summed E-state index contributed by atoms with van der Waals surface area (Å²) in [7, 11) is 0. The number of hydrazine groups is 1. The Balaban J connectivity index is 1.56. The summed E-state index contributed by atoms with van der Waals surface area (Å²) < 4.78 is 0. The molecule has 0 radical (unpaired) electrons. The number of aromatic nitrogens is 1. The summed E-state index contributed by atoms with van der Waals surface area (Å²) in [6.45, 7) is 5.75. The number of amides is 2. The number of ketones is 1. The minimum absolute atomic E-state index is 0.0306. The quantitative estimate of drug-likeness (QED) is 0.622. The first-order valence-corrected chi connectivity index (χ1v) is 9.01. The Morgan fingerprint density at radius 1 is 1.11 bits per heavy atom. The molecule has 0 atom stereocenters. The molecule has 1 heterocycles. The van der Waals surface area contributed by atoms with Crippen LogP contribution in [0, 0.1) is 20.8 Å². The minimum atomic E-state index is -0.463. The average molecular weight is 368 g/mol. The van der Waals surface area contributed by atoms with Crippen LogP contribution in [-0.2, 0) is 11.2 Å². The molecule has 0 bridgehead atoms. The number of hydrogen-bond acceptors (Lipinski definition) is 4. The first kappa shape index (κ1) is 18.7. The third kappa shape index (κ3) is 4.02. The lowest BCUT2D eigenvalue weighted by atomic mass is 9.94. The van der Waals surface area contributed by atoms with Crippen molar-refractivity contribution >= 4 is 23.3 Å². The van der Waals surface area contributed by atoms with Gasteiger partial charge in [0.15, 0.2) is 5.78 Å². The van der Waals surface area contributed by atoms with Crippen molar-refractivity contribution in [3.05, 3.63) is 51.8 Å². The van der Waals surface area contributed by atoms with Crippen molar-refractivity contribution < 1.29 is 14.4 Å². The monoisotopic (exact) mass is 368 g/mol. The molecule has 0 unspecified atom stereocenters. The normalized spacial score (nSPS) is 13.1. The minimum Gasteiger partial charge on any atom is -0.376 e. The summed E-state index contributed by atoms with van der Waals surface area (Å²) in [6.07, 6.45) is 2.04. The summed E-state index contributed by atoms with van der Waals surface area (Å²) in [5, 5.41) is 3.04. The number of nitrogens with one attached hydrogen (secondary N) is 4. The van der Waals surface area contributed by atoms with E-state index in [0.29, 0.717) is 23.2 Å². The van der Waals surface area contributed by atoms with Crippen molar-refractivity contribution in [1.82, 2.24) is 15.8 Å². The first-order chi connectivity index (χ1) is 12.9. The van der Waals surface area contributed by atoms with Crippen LogP contribution in [0.3, 0.4) is 0 Å². The predicted molar refractivity (Wildman–Crippen MR) is 103 cm³/mol. The molecule has 2 aromatic rings. The number of anilines is 1. The fraction of sp³-hybridized carbons (Fsp3) is 0.350. The third-order valence-electron chi connectivity index (χ3n) is 4.80. The zero-order valence-corrected chi connectivity index (χ0v) is 15.8. The Morgan fingerprint density at radius 3 is 2.59 bits per heavy atom. The van der Waals surface area contributed by atoms with Crippen LogP contribution in [0.15, 0.2) is 18.2 Å². The molecule has 142 valence electrons. The summed E-state index contributed by atoms with van der Waals surface area (Å²) >= 11 is 0. The van der Waals surface area contributed by atoms with Crippen molar-refractivity contribution in [3.63, 3.8) is 0 Å². The molecular weight excluding hydrogens is 344 g/mol. The van der Waals surface area contributed by atoms with Gasteiger partial charge in [-0.15, -0.1) is 0 Å². The van der Waals surface area contributed by atoms with Gasteiger partial charge < -0.3 is 10.3 Å². The number of Topliss-reactive ketones (excluding diaryl/α,β-unsaturated/α-hetero) is 1. The number of carbonyl (C=O) groups is 3. The van der Waals surface area contributed by atoms with E-state index >= 15 is 0 Å². The van der Waals surface area contributed by atoms with Gasteiger partial charge in [0.1, 0.15) is 5.69 Å². The van der Waals surface area contributed by atoms with E-state index in [9.17, 15) is 14.4 Å². The molecule has 4 N–H and O–H groups in total. The maximum absolute atomic E-state index is 12.4. The van der Waals surface area contributed by atoms with E-state index in [2.05, 4.69) is 21.2 Å². The van der Waals surface area contributed by atoms with Gasteiger partial charge in [0, 0.05) is 23.4 Å². The number of aryl methyl sites for hydroxylation is 3. The highest BCUT2D eigenvalue weighted by molar-refractivity contribution is 6.04. The molecular formula is C20H24N4O3. The van der Waals surface area contributed by atoms with E-state index in [-0.39, 0.29) is 18.2 Å². The van der Waals surface area contributed by atoms with Crippen LogP contribution in [0.1, 0.15) is 56.1 Å². The van der Waals surface area contributed by atoms with Gasteiger partial charge in [-0.1, -0.05) is 17.7 Å². The number of benzene rings is 1. The molecule has 2 amide bonds. The summed E-state index contributed by atoms with van der Waals surface area (Å²) in [5.41, 5.74) is 10.2. The molecule has 1 aliphatic carbocycles. The van der Waals surface area contributed by atoms with E-state index in [1.165, 1.54) is 0 Å². The molecule has 0 saturated heterocycles. The Labute approximate surface area is 157 Å². The Morgan fingerprint density at radius 2 is 1.89 bits per heavy atom. The summed E-state index contributed by atoms with van der Waals surface area (Å²) in [5.74, 6) is -0.770. The van der Waals surface area contributed by atoms with Gasteiger partial charge in [-0.05, 0) is 50.8 Å². The Hall–Kier alpha value is -3.09. The number of aromatic amines is 1. The number of H-pyrrole nitrogens is 1. The van der Waals surface area contributed by atoms with Gasteiger partial charge in [0.25, 0.3) is 11.8 Å². The molecule has 7 nitrogen and oxygen atoms in total. The van der Waals surface area contributed by atoms with Gasteiger partial charge >= 0.3 is 0 Å². The van der Waals surface area contributed by atoms with Crippen molar-refractivity contribution in [2.75, 3.05) is 11.9 Å². The number of carbonyl (C=O) groups excluding carboxylic acids is 3. The van der Waals surface area contributed by atoms with Crippen molar-refractivity contribution in [3.8, 4) is 0 Å². The van der Waals surface area contributed by atoms with E-state index in [1.807, 2.05) is 32.0 Å². The second-order valence-electron chi connectivity index (χ2n) is 6.93. The molecule has 0 spiro atoms. The largest absolute Gasteiger partial charge is 0.376 e. The highest BCUT2D eigenvalue weighted by Crippen LogP contribution is 2.26. The van der Waals surface area contributed by atoms with E-state index < -0.39 is 5.91 Å². The van der Waals surface area contributed by atoms with Gasteiger partial charge in [0.05, 0.1) is 6.54 Å². The zero-order valence-electron chi connectivity index (χ0n) is 15.8. The molecule has 0 saturated carbocycles. The van der Waals surface area contributed by atoms with Crippen LogP contribution in [0.25, 0.3) is 0 Å². The first-order valence-electron chi connectivity index (χ1n) is 9.01. The van der Waals surface area contributed by atoms with Crippen molar-refractivity contribution in [1.29, 1.82) is 0 Å². The zero-order chi connectivity index (χ0) is 19.6. The Bertz CT molecular complexity index is 914. The number of hydrogen-bond donors (Lipinski definition) is 4. The molecule has 27 heavy (non-hydrogen) atoms.